The molecule has 1 aromatic rings. The molecule has 88 valence electrons. The number of H-pyrrole nitrogens is 1. The van der Waals surface area contributed by atoms with Gasteiger partial charge in [-0.25, -0.2) is 0 Å². The zero-order valence-corrected chi connectivity index (χ0v) is 9.19. The van der Waals surface area contributed by atoms with Crippen LogP contribution in [-0.4, -0.2) is 28.0 Å². The number of nitrogens with one attached hydrogen (secondary N) is 2. The van der Waals surface area contributed by atoms with Crippen LogP contribution in [0.2, 0.25) is 0 Å². The number of amides is 1. The quantitative estimate of drug-likeness (QED) is 0.672. The van der Waals surface area contributed by atoms with Gasteiger partial charge in [-0.3, -0.25) is 9.59 Å². The van der Waals surface area contributed by atoms with Gasteiger partial charge in [-0.2, -0.15) is 0 Å². The zero-order valence-electron chi connectivity index (χ0n) is 9.19. The summed E-state index contributed by atoms with van der Waals surface area (Å²) < 4.78 is 0. The molecule has 1 atom stereocenters. The van der Waals surface area contributed by atoms with Crippen molar-refractivity contribution in [1.82, 2.24) is 10.3 Å². The lowest BCUT2D eigenvalue weighted by Crippen LogP contribution is -2.38. The van der Waals surface area contributed by atoms with E-state index in [2.05, 4.69) is 10.3 Å². The number of aryl methyl sites for hydroxylation is 1. The average molecular weight is 224 g/mol. The SMILES string of the molecule is CC(NC(=O)CCCc1cc[nH]c1)C(=O)O. The van der Waals surface area contributed by atoms with Crippen LogP contribution in [0.5, 0.6) is 0 Å². The minimum atomic E-state index is -1.01. The van der Waals surface area contributed by atoms with E-state index in [-0.39, 0.29) is 5.91 Å². The van der Waals surface area contributed by atoms with E-state index in [0.717, 1.165) is 18.4 Å². The summed E-state index contributed by atoms with van der Waals surface area (Å²) in [4.78, 5) is 24.7. The molecule has 1 rings (SSSR count). The lowest BCUT2D eigenvalue weighted by atomic mass is 10.1. The second kappa shape index (κ2) is 5.95. The summed E-state index contributed by atoms with van der Waals surface area (Å²) in [6, 6.07) is 1.14. The second-order valence-electron chi connectivity index (χ2n) is 3.70. The molecule has 1 aromatic heterocycles. The predicted molar refractivity (Wildman–Crippen MR) is 59.0 cm³/mol. The molecule has 0 aromatic carbocycles. The fourth-order valence-corrected chi connectivity index (χ4v) is 1.34. The van der Waals surface area contributed by atoms with E-state index in [9.17, 15) is 9.59 Å². The van der Waals surface area contributed by atoms with Gasteiger partial charge in [0.05, 0.1) is 0 Å². The van der Waals surface area contributed by atoms with Crippen LogP contribution in [0.3, 0.4) is 0 Å². The van der Waals surface area contributed by atoms with Gasteiger partial charge in [-0.15, -0.1) is 0 Å². The summed E-state index contributed by atoms with van der Waals surface area (Å²) in [5, 5.41) is 11.0. The van der Waals surface area contributed by atoms with E-state index in [0.29, 0.717) is 6.42 Å². The Morgan fingerprint density at radius 3 is 2.88 bits per heavy atom. The summed E-state index contributed by atoms with van der Waals surface area (Å²) in [5.74, 6) is -1.23. The average Bonchev–Trinajstić information content (AvgIpc) is 2.70. The molecule has 0 aliphatic heterocycles. The van der Waals surface area contributed by atoms with E-state index >= 15 is 0 Å². The van der Waals surface area contributed by atoms with Crippen LogP contribution < -0.4 is 5.32 Å². The molecule has 5 heteroatoms. The third-order valence-electron chi connectivity index (χ3n) is 2.28. The maximum atomic E-state index is 11.3. The van der Waals surface area contributed by atoms with Crippen molar-refractivity contribution in [3.8, 4) is 0 Å². The van der Waals surface area contributed by atoms with Gasteiger partial charge in [0.15, 0.2) is 0 Å². The molecule has 0 saturated heterocycles. The second-order valence-corrected chi connectivity index (χ2v) is 3.70. The first-order chi connectivity index (χ1) is 7.59. The fourth-order valence-electron chi connectivity index (χ4n) is 1.34. The fraction of sp³-hybridized carbons (Fsp3) is 0.455. The van der Waals surface area contributed by atoms with Gasteiger partial charge in [0.2, 0.25) is 5.91 Å². The highest BCUT2D eigenvalue weighted by atomic mass is 16.4. The number of carboxylic acids is 1. The maximum absolute atomic E-state index is 11.3. The van der Waals surface area contributed by atoms with E-state index < -0.39 is 12.0 Å². The van der Waals surface area contributed by atoms with Gasteiger partial charge in [0.25, 0.3) is 0 Å². The largest absolute Gasteiger partial charge is 0.480 e. The molecule has 0 radical (unpaired) electrons. The normalized spacial score (nSPS) is 12.1. The molecular formula is C11H16N2O3. The van der Waals surface area contributed by atoms with Crippen molar-refractivity contribution in [3.05, 3.63) is 24.0 Å². The summed E-state index contributed by atoms with van der Waals surface area (Å²) in [6.45, 7) is 1.45. The van der Waals surface area contributed by atoms with Crippen LogP contribution in [0.1, 0.15) is 25.3 Å². The molecule has 0 bridgehead atoms. The number of aromatic amines is 1. The van der Waals surface area contributed by atoms with E-state index in [1.807, 2.05) is 18.5 Å². The maximum Gasteiger partial charge on any atom is 0.325 e. The van der Waals surface area contributed by atoms with E-state index in [1.165, 1.54) is 6.92 Å². The molecule has 0 fully saturated rings. The minimum absolute atomic E-state index is 0.217. The Labute approximate surface area is 93.9 Å². The summed E-state index contributed by atoms with van der Waals surface area (Å²) in [7, 11) is 0. The molecular weight excluding hydrogens is 208 g/mol. The Kier molecular flexibility index (Phi) is 4.57. The Hall–Kier alpha value is -1.78. The Bertz CT molecular complexity index is 346. The molecule has 5 nitrogen and oxygen atoms in total. The van der Waals surface area contributed by atoms with Crippen LogP contribution in [0, 0.1) is 0 Å². The third-order valence-corrected chi connectivity index (χ3v) is 2.28. The van der Waals surface area contributed by atoms with Crippen molar-refractivity contribution in [3.63, 3.8) is 0 Å². The van der Waals surface area contributed by atoms with Gasteiger partial charge in [0.1, 0.15) is 6.04 Å². The lowest BCUT2D eigenvalue weighted by molar-refractivity contribution is -0.141. The first-order valence-corrected chi connectivity index (χ1v) is 5.23. The molecule has 0 spiro atoms. The highest BCUT2D eigenvalue weighted by Gasteiger charge is 2.13. The Balaban J connectivity index is 2.18. The zero-order chi connectivity index (χ0) is 12.0. The highest BCUT2D eigenvalue weighted by molar-refractivity contribution is 5.83. The molecule has 1 amide bonds. The van der Waals surface area contributed by atoms with Crippen molar-refractivity contribution >= 4 is 11.9 Å². The van der Waals surface area contributed by atoms with Crippen molar-refractivity contribution in [2.75, 3.05) is 0 Å². The summed E-state index contributed by atoms with van der Waals surface area (Å²) in [5.41, 5.74) is 1.15. The molecule has 0 aliphatic carbocycles. The number of aromatic nitrogens is 1. The third kappa shape index (κ3) is 4.16. The van der Waals surface area contributed by atoms with Crippen LogP contribution in [0.25, 0.3) is 0 Å². The van der Waals surface area contributed by atoms with Gasteiger partial charge < -0.3 is 15.4 Å². The molecule has 1 unspecified atom stereocenters. The number of rotatable bonds is 6. The van der Waals surface area contributed by atoms with Crippen LogP contribution in [0.4, 0.5) is 0 Å². The number of aliphatic carboxylic acids is 1. The molecule has 0 aliphatic rings. The standard InChI is InChI=1S/C11H16N2O3/c1-8(11(15)16)13-10(14)4-2-3-9-5-6-12-7-9/h5-8,12H,2-4H2,1H3,(H,13,14)(H,15,16). The van der Waals surface area contributed by atoms with Crippen LogP contribution >= 0.6 is 0 Å². The van der Waals surface area contributed by atoms with Crippen molar-refractivity contribution in [1.29, 1.82) is 0 Å². The lowest BCUT2D eigenvalue weighted by Gasteiger charge is -2.08. The highest BCUT2D eigenvalue weighted by Crippen LogP contribution is 2.03. The predicted octanol–water partition coefficient (Wildman–Crippen LogP) is 0.927. The molecule has 16 heavy (non-hydrogen) atoms. The van der Waals surface area contributed by atoms with Gasteiger partial charge >= 0.3 is 5.97 Å². The van der Waals surface area contributed by atoms with Gasteiger partial charge in [-0.05, 0) is 31.4 Å². The van der Waals surface area contributed by atoms with Crippen LogP contribution in [-0.2, 0) is 16.0 Å². The van der Waals surface area contributed by atoms with Crippen molar-refractivity contribution in [2.24, 2.45) is 0 Å². The number of hydrogen-bond donors (Lipinski definition) is 3. The Morgan fingerprint density at radius 1 is 1.56 bits per heavy atom. The molecule has 1 heterocycles. The van der Waals surface area contributed by atoms with E-state index in [4.69, 9.17) is 5.11 Å². The summed E-state index contributed by atoms with van der Waals surface area (Å²) in [6.07, 6.45) is 5.61. The minimum Gasteiger partial charge on any atom is -0.480 e. The Morgan fingerprint density at radius 2 is 2.31 bits per heavy atom. The van der Waals surface area contributed by atoms with Crippen molar-refractivity contribution in [2.45, 2.75) is 32.2 Å². The topological polar surface area (TPSA) is 82.2 Å². The van der Waals surface area contributed by atoms with E-state index in [1.54, 1.807) is 0 Å². The number of carboxylic acid groups (broad SMARTS) is 1. The van der Waals surface area contributed by atoms with Crippen LogP contribution in [0.15, 0.2) is 18.5 Å². The monoisotopic (exact) mass is 224 g/mol. The smallest absolute Gasteiger partial charge is 0.325 e. The molecule has 0 saturated carbocycles. The van der Waals surface area contributed by atoms with Gasteiger partial charge in [0, 0.05) is 18.8 Å². The number of carbonyl (C=O) groups excluding carboxylic acids is 1. The number of carbonyl (C=O) groups is 2. The number of hydrogen-bond acceptors (Lipinski definition) is 2. The first-order valence-electron chi connectivity index (χ1n) is 5.23. The summed E-state index contributed by atoms with van der Waals surface area (Å²) >= 11 is 0. The van der Waals surface area contributed by atoms with Gasteiger partial charge in [-0.1, -0.05) is 0 Å². The van der Waals surface area contributed by atoms with Crippen molar-refractivity contribution < 1.29 is 14.7 Å². The molecule has 3 N–H and O–H groups in total. The first kappa shape index (κ1) is 12.3.